The number of hydrogen-bond acceptors (Lipinski definition) is 10. The fraction of sp³-hybridized carbons (Fsp3) is 0.417. The zero-order valence-electron chi connectivity index (χ0n) is 38.3. The number of carbonyl (C=O) groups is 2. The number of benzene rings is 2. The molecule has 2 fully saturated rings. The fourth-order valence-corrected chi connectivity index (χ4v) is 14.6. The van der Waals surface area contributed by atoms with Crippen molar-refractivity contribution in [2.45, 2.75) is 74.7 Å². The quantitative estimate of drug-likeness (QED) is 0.238. The second kappa shape index (κ2) is 18.6. The van der Waals surface area contributed by atoms with E-state index in [2.05, 4.69) is 0 Å². The maximum Gasteiger partial charge on any atom is 0.258 e. The molecule has 16 nitrogen and oxygen atoms in total. The highest BCUT2D eigenvalue weighted by molar-refractivity contribution is 7.89. The van der Waals surface area contributed by atoms with E-state index in [1.807, 2.05) is 13.8 Å². The van der Waals surface area contributed by atoms with E-state index in [1.165, 1.54) is 18.4 Å². The van der Waals surface area contributed by atoms with Gasteiger partial charge in [-0.25, -0.2) is 16.8 Å². The van der Waals surface area contributed by atoms with Crippen LogP contribution in [0.1, 0.15) is 59.6 Å². The van der Waals surface area contributed by atoms with Crippen LogP contribution in [-0.4, -0.2) is 120 Å². The highest BCUT2D eigenvalue weighted by atomic mass is 32.2. The Morgan fingerprint density at radius 3 is 1.26 bits per heavy atom. The van der Waals surface area contributed by atoms with Crippen molar-refractivity contribution in [2.75, 3.05) is 41.4 Å². The van der Waals surface area contributed by atoms with Crippen LogP contribution in [0.15, 0.2) is 104 Å². The van der Waals surface area contributed by atoms with Crippen LogP contribution in [0.3, 0.4) is 0 Å². The zero-order chi connectivity index (χ0) is 48.2. The number of aryl methyl sites for hydroxylation is 2. The van der Waals surface area contributed by atoms with Gasteiger partial charge >= 0.3 is 0 Å². The largest absolute Gasteiger partial charge is 0.396 e. The van der Waals surface area contributed by atoms with Gasteiger partial charge in [-0.3, -0.25) is 19.2 Å². The number of hydrogen-bond donors (Lipinski definition) is 2. The van der Waals surface area contributed by atoms with E-state index >= 15 is 0 Å². The molecule has 4 aromatic rings. The molecule has 4 aliphatic rings. The zero-order valence-corrected chi connectivity index (χ0v) is 40.0. The van der Waals surface area contributed by atoms with E-state index in [0.29, 0.717) is 33.6 Å². The molecule has 6 heterocycles. The molecule has 352 valence electrons. The summed E-state index contributed by atoms with van der Waals surface area (Å²) in [5, 5.41) is 20.6. The Labute approximate surface area is 385 Å². The predicted molar refractivity (Wildman–Crippen MR) is 250 cm³/mol. The summed E-state index contributed by atoms with van der Waals surface area (Å²) in [5.74, 6) is -3.46. The van der Waals surface area contributed by atoms with Crippen LogP contribution in [0.25, 0.3) is 12.2 Å². The molecular formula is C48H58N6O10S2. The summed E-state index contributed by atoms with van der Waals surface area (Å²) in [6, 6.07) is 17.0. The van der Waals surface area contributed by atoms with Crippen LogP contribution < -0.4 is 11.1 Å². The molecule has 8 rings (SSSR count). The minimum Gasteiger partial charge on any atom is -0.396 e. The van der Waals surface area contributed by atoms with E-state index in [4.69, 9.17) is 0 Å². The van der Waals surface area contributed by atoms with Gasteiger partial charge in [-0.15, -0.1) is 0 Å². The number of aliphatic hydroxyl groups excluding tert-OH is 2. The minimum atomic E-state index is -4.02. The van der Waals surface area contributed by atoms with Gasteiger partial charge < -0.3 is 29.1 Å². The molecule has 0 saturated carbocycles. The summed E-state index contributed by atoms with van der Waals surface area (Å²) in [6.07, 6.45) is 6.95. The number of carbonyl (C=O) groups excluding carboxylic acids is 2. The van der Waals surface area contributed by atoms with Crippen LogP contribution in [0.2, 0.25) is 0 Å². The van der Waals surface area contributed by atoms with Crippen molar-refractivity contribution in [1.29, 1.82) is 0 Å². The summed E-state index contributed by atoms with van der Waals surface area (Å²) < 4.78 is 61.7. The summed E-state index contributed by atoms with van der Waals surface area (Å²) in [7, 11) is -1.58. The maximum absolute atomic E-state index is 14.0. The van der Waals surface area contributed by atoms with Crippen molar-refractivity contribution < 1.29 is 36.6 Å². The minimum absolute atomic E-state index is 0.0730. The number of rotatable bonds is 10. The van der Waals surface area contributed by atoms with Crippen molar-refractivity contribution in [3.63, 3.8) is 0 Å². The number of aromatic nitrogens is 2. The molecule has 2 saturated heterocycles. The molecule has 2 N–H and O–H groups in total. The van der Waals surface area contributed by atoms with Crippen LogP contribution in [0, 0.1) is 37.5 Å². The van der Waals surface area contributed by atoms with Crippen molar-refractivity contribution >= 4 is 44.0 Å². The topological polar surface area (TPSA) is 200 Å². The van der Waals surface area contributed by atoms with E-state index in [1.54, 1.807) is 148 Å². The van der Waals surface area contributed by atoms with E-state index in [0.717, 1.165) is 0 Å². The third kappa shape index (κ3) is 7.90. The van der Waals surface area contributed by atoms with E-state index in [-0.39, 0.29) is 59.0 Å². The van der Waals surface area contributed by atoms with Crippen molar-refractivity contribution in [3.8, 4) is 0 Å². The van der Waals surface area contributed by atoms with E-state index in [9.17, 15) is 46.2 Å². The molecule has 0 aliphatic carbocycles. The van der Waals surface area contributed by atoms with Gasteiger partial charge in [0.15, 0.2) is 0 Å². The summed E-state index contributed by atoms with van der Waals surface area (Å²) in [6.45, 7) is 6.51. The standard InChI is InChI=1S/2C24H29N3O5S/c2*1-5-8-16-11-12-18-22-21(24(30)25(3)4)17(14-28)19(13-26(18)23(16)29)27(22)33(31,32)20-10-7-6-9-15(20)2/h2*5-12,17,19,21-22,28H,13-14H2,1-4H3/b8-5+;8-5-/t2*17-,19-,21+,22+/m11/s1. The fourth-order valence-electron chi connectivity index (χ4n) is 10.5. The second-order valence-corrected chi connectivity index (χ2v) is 21.3. The lowest BCUT2D eigenvalue weighted by Crippen LogP contribution is -2.49. The predicted octanol–water partition coefficient (Wildman–Crippen LogP) is 3.26. The molecule has 0 unspecified atom stereocenters. The summed E-state index contributed by atoms with van der Waals surface area (Å²) >= 11 is 0. The highest BCUT2D eigenvalue weighted by Gasteiger charge is 2.62. The molecule has 0 radical (unpaired) electrons. The first kappa shape index (κ1) is 48.4. The lowest BCUT2D eigenvalue weighted by molar-refractivity contribution is -0.136. The Morgan fingerprint density at radius 1 is 0.606 bits per heavy atom. The van der Waals surface area contributed by atoms with Gasteiger partial charge in [0, 0.05) is 101 Å². The Morgan fingerprint density at radius 2 is 0.955 bits per heavy atom. The number of fused-ring (bicyclic) bond motifs is 8. The number of pyridine rings is 2. The second-order valence-electron chi connectivity index (χ2n) is 17.7. The van der Waals surface area contributed by atoms with Crippen LogP contribution in [0.4, 0.5) is 0 Å². The molecule has 2 aromatic heterocycles. The number of allylic oxidation sites excluding steroid dienone is 2. The van der Waals surface area contributed by atoms with Gasteiger partial charge in [0.1, 0.15) is 0 Å². The van der Waals surface area contributed by atoms with Gasteiger partial charge in [0.2, 0.25) is 31.9 Å². The van der Waals surface area contributed by atoms with Gasteiger partial charge in [0.05, 0.1) is 33.7 Å². The van der Waals surface area contributed by atoms with Crippen molar-refractivity contribution in [1.82, 2.24) is 27.5 Å². The molecule has 0 spiro atoms. The third-order valence-corrected chi connectivity index (χ3v) is 17.6. The first-order valence-corrected chi connectivity index (χ1v) is 24.7. The number of nitrogens with zero attached hydrogens (tertiary/aromatic N) is 6. The van der Waals surface area contributed by atoms with Gasteiger partial charge in [-0.1, -0.05) is 60.7 Å². The van der Waals surface area contributed by atoms with Gasteiger partial charge in [-0.2, -0.15) is 8.61 Å². The lowest BCUT2D eigenvalue weighted by atomic mass is 9.86. The number of amides is 2. The first-order valence-electron chi connectivity index (χ1n) is 21.8. The van der Waals surface area contributed by atoms with Crippen LogP contribution >= 0.6 is 0 Å². The van der Waals surface area contributed by atoms with Crippen molar-refractivity contribution in [3.05, 3.63) is 139 Å². The lowest BCUT2D eigenvalue weighted by Gasteiger charge is -2.37. The summed E-state index contributed by atoms with van der Waals surface area (Å²) in [4.78, 5) is 56.1. The average Bonchev–Trinajstić information content (AvgIpc) is 3.69. The van der Waals surface area contributed by atoms with Crippen LogP contribution in [-0.2, 0) is 42.7 Å². The van der Waals surface area contributed by atoms with Gasteiger partial charge in [0.25, 0.3) is 11.1 Å². The average molecular weight is 943 g/mol. The highest BCUT2D eigenvalue weighted by Crippen LogP contribution is 2.53. The molecule has 66 heavy (non-hydrogen) atoms. The van der Waals surface area contributed by atoms with Gasteiger partial charge in [-0.05, 0) is 75.2 Å². The SMILES string of the molecule is C/C=C/c1ccc2n(c1=O)C[C@@H]1[C@@H](CO)[C@H](C(=O)N(C)C)[C@H]2N1S(=O)(=O)c1ccccc1C.C/C=C\c1ccc2n(c1=O)C[C@@H]1[C@@H](CO)[C@H](C(=O)N(C)C)[C@H]2N1S(=O)(=O)c1ccccc1C. The maximum atomic E-state index is 14.0. The molecule has 4 aliphatic heterocycles. The van der Waals surface area contributed by atoms with Crippen LogP contribution in [0.5, 0.6) is 0 Å². The smallest absolute Gasteiger partial charge is 0.258 e. The molecule has 8 atom stereocenters. The van der Waals surface area contributed by atoms with E-state index < -0.39 is 67.9 Å². The molecule has 2 aromatic carbocycles. The molecular weight excluding hydrogens is 885 g/mol. The summed E-state index contributed by atoms with van der Waals surface area (Å²) in [5.41, 5.74) is 2.65. The monoisotopic (exact) mass is 942 g/mol. The number of aliphatic hydroxyl groups is 2. The first-order chi connectivity index (χ1) is 31.3. The third-order valence-electron chi connectivity index (χ3n) is 13.5. The Bertz CT molecular complexity index is 2760. The molecule has 2 amide bonds. The molecule has 4 bridgehead atoms. The number of sulfonamides is 2. The molecule has 18 heteroatoms. The normalized spacial score (nSPS) is 24.8. The Kier molecular flexibility index (Phi) is 13.7. The Balaban J connectivity index is 0.000000196. The van der Waals surface area contributed by atoms with Crippen molar-refractivity contribution in [2.24, 2.45) is 23.7 Å². The Hall–Kier alpha value is -5.50.